The maximum absolute atomic E-state index is 14.1. The van der Waals surface area contributed by atoms with E-state index in [1.807, 2.05) is 4.90 Å². The first kappa shape index (κ1) is 19.0. The third kappa shape index (κ3) is 2.93. The first-order valence-corrected chi connectivity index (χ1v) is 11.7. The largest absolute Gasteiger partial charge is 0.327 e. The number of benzene rings is 1. The minimum absolute atomic E-state index is 0.0629. The van der Waals surface area contributed by atoms with Crippen LogP contribution in [0, 0.1) is 34.5 Å². The average molecular weight is 418 g/mol. The number of nitrogens with zero attached hydrogens (tertiary/aromatic N) is 3. The van der Waals surface area contributed by atoms with Gasteiger partial charge in [-0.3, -0.25) is 14.4 Å². The summed E-state index contributed by atoms with van der Waals surface area (Å²) in [6.07, 6.45) is 8.61. The zero-order valence-corrected chi connectivity index (χ0v) is 17.6. The second-order valence-electron chi connectivity index (χ2n) is 10.6. The van der Waals surface area contributed by atoms with Crippen molar-refractivity contribution in [3.05, 3.63) is 29.8 Å². The Morgan fingerprint density at radius 2 is 1.58 bits per heavy atom. The summed E-state index contributed by atoms with van der Waals surface area (Å²) in [5.41, 5.74) is 0.660. The molecule has 160 valence electrons. The van der Waals surface area contributed by atoms with E-state index < -0.39 is 6.04 Å². The Labute approximate surface area is 182 Å². The Balaban J connectivity index is 1.29. The van der Waals surface area contributed by atoms with Crippen LogP contribution in [0.15, 0.2) is 24.3 Å². The number of imide groups is 1. The van der Waals surface area contributed by atoms with Crippen molar-refractivity contribution in [2.75, 3.05) is 4.90 Å². The van der Waals surface area contributed by atoms with Gasteiger partial charge in [-0.2, -0.15) is 5.26 Å². The minimum Gasteiger partial charge on any atom is -0.327 e. The Morgan fingerprint density at radius 3 is 2.10 bits per heavy atom. The van der Waals surface area contributed by atoms with Crippen molar-refractivity contribution >= 4 is 23.4 Å². The van der Waals surface area contributed by atoms with E-state index in [-0.39, 0.29) is 35.6 Å². The predicted molar refractivity (Wildman–Crippen MR) is 113 cm³/mol. The zero-order valence-electron chi connectivity index (χ0n) is 17.6. The number of carbonyl (C=O) groups excluding carboxylic acids is 3. The standard InChI is InChI=1S/C25H27N3O3/c26-14-15-1-3-20(4-2-15)28-22(29)10-21(23(28)30)27(19-5-6-19)24(31)25-11-16-7-17(12-25)9-18(8-16)13-25/h1-4,16-19,21H,5-13H2. The molecular weight excluding hydrogens is 390 g/mol. The molecule has 1 aromatic carbocycles. The Kier molecular flexibility index (Phi) is 4.09. The molecule has 1 unspecified atom stereocenters. The van der Waals surface area contributed by atoms with Gasteiger partial charge < -0.3 is 4.90 Å². The fraction of sp³-hybridized carbons (Fsp3) is 0.600. The van der Waals surface area contributed by atoms with Crippen molar-refractivity contribution in [1.82, 2.24) is 4.90 Å². The number of carbonyl (C=O) groups is 3. The van der Waals surface area contributed by atoms with Gasteiger partial charge in [-0.15, -0.1) is 0 Å². The molecule has 6 nitrogen and oxygen atoms in total. The topological polar surface area (TPSA) is 81.5 Å². The Hall–Kier alpha value is -2.68. The van der Waals surface area contributed by atoms with E-state index in [4.69, 9.17) is 5.26 Å². The average Bonchev–Trinajstić information content (AvgIpc) is 3.53. The molecule has 0 radical (unpaired) electrons. The summed E-state index contributed by atoms with van der Waals surface area (Å²) < 4.78 is 0. The second kappa shape index (κ2) is 6.66. The molecule has 1 heterocycles. The first-order chi connectivity index (χ1) is 15.0. The van der Waals surface area contributed by atoms with Crippen LogP contribution in [-0.4, -0.2) is 34.7 Å². The van der Waals surface area contributed by atoms with Gasteiger partial charge in [-0.05, 0) is 93.4 Å². The van der Waals surface area contributed by atoms with Crippen LogP contribution in [0.5, 0.6) is 0 Å². The van der Waals surface area contributed by atoms with Crippen molar-refractivity contribution in [2.24, 2.45) is 23.2 Å². The summed E-state index contributed by atoms with van der Waals surface area (Å²) >= 11 is 0. The summed E-state index contributed by atoms with van der Waals surface area (Å²) in [6, 6.07) is 7.97. The maximum Gasteiger partial charge on any atom is 0.257 e. The molecule has 1 aliphatic heterocycles. The first-order valence-electron chi connectivity index (χ1n) is 11.7. The number of rotatable bonds is 4. The minimum atomic E-state index is -0.684. The Bertz CT molecular complexity index is 969. The van der Waals surface area contributed by atoms with Crippen LogP contribution in [0.1, 0.15) is 63.4 Å². The van der Waals surface area contributed by atoms with Gasteiger partial charge in [-0.25, -0.2) is 4.90 Å². The smallest absolute Gasteiger partial charge is 0.257 e. The highest BCUT2D eigenvalue weighted by molar-refractivity contribution is 6.23. The predicted octanol–water partition coefficient (Wildman–Crippen LogP) is 3.40. The van der Waals surface area contributed by atoms with E-state index in [1.165, 1.54) is 24.2 Å². The lowest BCUT2D eigenvalue weighted by Crippen LogP contribution is -2.58. The molecular formula is C25H27N3O3. The third-order valence-corrected chi connectivity index (χ3v) is 8.38. The van der Waals surface area contributed by atoms with Crippen molar-refractivity contribution in [3.8, 4) is 6.07 Å². The van der Waals surface area contributed by atoms with Crippen LogP contribution in [0.25, 0.3) is 0 Å². The normalized spacial score (nSPS) is 36.0. The van der Waals surface area contributed by atoms with Gasteiger partial charge in [0, 0.05) is 6.04 Å². The number of anilines is 1. The van der Waals surface area contributed by atoms with Crippen LogP contribution in [0.2, 0.25) is 0 Å². The van der Waals surface area contributed by atoms with Gasteiger partial charge in [0.15, 0.2) is 0 Å². The summed E-state index contributed by atoms with van der Waals surface area (Å²) in [7, 11) is 0. The SMILES string of the molecule is N#Cc1ccc(N2C(=O)CC(N(C(=O)C34CC5CC(CC(C5)C3)C4)C3CC3)C2=O)cc1. The van der Waals surface area contributed by atoms with Crippen LogP contribution >= 0.6 is 0 Å². The fourth-order valence-electron chi connectivity index (χ4n) is 7.35. The van der Waals surface area contributed by atoms with Crippen molar-refractivity contribution in [3.63, 3.8) is 0 Å². The van der Waals surface area contributed by atoms with E-state index in [1.54, 1.807) is 24.3 Å². The summed E-state index contributed by atoms with van der Waals surface area (Å²) in [5, 5.41) is 9.02. The fourth-order valence-corrected chi connectivity index (χ4v) is 7.35. The van der Waals surface area contributed by atoms with E-state index in [9.17, 15) is 14.4 Å². The molecule has 1 saturated heterocycles. The summed E-state index contributed by atoms with van der Waals surface area (Å²) in [6.45, 7) is 0. The molecule has 5 aliphatic carbocycles. The molecule has 6 aliphatic rings. The summed E-state index contributed by atoms with van der Waals surface area (Å²) in [4.78, 5) is 43.4. The highest BCUT2D eigenvalue weighted by atomic mass is 16.2. The highest BCUT2D eigenvalue weighted by Gasteiger charge is 2.59. The molecule has 0 aromatic heterocycles. The lowest BCUT2D eigenvalue weighted by Gasteiger charge is -2.57. The van der Waals surface area contributed by atoms with E-state index in [0.29, 0.717) is 29.0 Å². The van der Waals surface area contributed by atoms with Gasteiger partial charge in [0.1, 0.15) is 6.04 Å². The van der Waals surface area contributed by atoms with Crippen LogP contribution in [-0.2, 0) is 14.4 Å². The molecule has 3 amide bonds. The quantitative estimate of drug-likeness (QED) is 0.703. The molecule has 4 bridgehead atoms. The molecule has 0 spiro atoms. The van der Waals surface area contributed by atoms with E-state index in [2.05, 4.69) is 6.07 Å². The van der Waals surface area contributed by atoms with Crippen molar-refractivity contribution in [1.29, 1.82) is 5.26 Å². The zero-order chi connectivity index (χ0) is 21.3. The number of amides is 3. The van der Waals surface area contributed by atoms with Crippen molar-refractivity contribution in [2.45, 2.75) is 69.9 Å². The number of hydrogen-bond acceptors (Lipinski definition) is 4. The van der Waals surface area contributed by atoms with Gasteiger partial charge in [0.05, 0.1) is 29.2 Å². The third-order valence-electron chi connectivity index (χ3n) is 8.38. The van der Waals surface area contributed by atoms with Gasteiger partial charge >= 0.3 is 0 Å². The molecule has 5 saturated carbocycles. The monoisotopic (exact) mass is 417 g/mol. The van der Waals surface area contributed by atoms with Crippen LogP contribution in [0.4, 0.5) is 5.69 Å². The highest BCUT2D eigenvalue weighted by Crippen LogP contribution is 2.61. The second-order valence-corrected chi connectivity index (χ2v) is 10.6. The van der Waals surface area contributed by atoms with Crippen LogP contribution < -0.4 is 4.90 Å². The lowest BCUT2D eigenvalue weighted by molar-refractivity contribution is -0.162. The molecule has 6 heteroatoms. The van der Waals surface area contributed by atoms with Crippen LogP contribution in [0.3, 0.4) is 0 Å². The molecule has 31 heavy (non-hydrogen) atoms. The lowest BCUT2D eigenvalue weighted by atomic mass is 9.49. The molecule has 0 N–H and O–H groups in total. The molecule has 1 aromatic rings. The van der Waals surface area contributed by atoms with Gasteiger partial charge in [-0.1, -0.05) is 0 Å². The molecule has 6 fully saturated rings. The number of hydrogen-bond donors (Lipinski definition) is 0. The number of nitriles is 1. The molecule has 1 atom stereocenters. The summed E-state index contributed by atoms with van der Waals surface area (Å²) in [5.74, 6) is 1.58. The van der Waals surface area contributed by atoms with E-state index in [0.717, 1.165) is 32.1 Å². The maximum atomic E-state index is 14.1. The van der Waals surface area contributed by atoms with Crippen molar-refractivity contribution < 1.29 is 14.4 Å². The Morgan fingerprint density at radius 1 is 1.00 bits per heavy atom. The molecule has 7 rings (SSSR count). The van der Waals surface area contributed by atoms with E-state index >= 15 is 0 Å². The van der Waals surface area contributed by atoms with Gasteiger partial charge in [0.2, 0.25) is 11.8 Å². The van der Waals surface area contributed by atoms with Gasteiger partial charge in [0.25, 0.3) is 5.91 Å².